The van der Waals surface area contributed by atoms with Crippen LogP contribution in [0.4, 0.5) is 0 Å². The van der Waals surface area contributed by atoms with Gasteiger partial charge < -0.3 is 20.6 Å². The predicted octanol–water partition coefficient (Wildman–Crippen LogP) is -0.911. The van der Waals surface area contributed by atoms with Gasteiger partial charge in [0.1, 0.15) is 0 Å². The Morgan fingerprint density at radius 2 is 2.00 bits per heavy atom. The number of piperidine rings is 1. The van der Waals surface area contributed by atoms with E-state index < -0.39 is 12.2 Å². The van der Waals surface area contributed by atoms with Crippen LogP contribution in [-0.2, 0) is 0 Å². The first-order valence-corrected chi connectivity index (χ1v) is 4.91. The summed E-state index contributed by atoms with van der Waals surface area (Å²) in [7, 11) is 0. The summed E-state index contributed by atoms with van der Waals surface area (Å²) in [4.78, 5) is 0. The molecule has 13 heavy (non-hydrogen) atoms. The van der Waals surface area contributed by atoms with Crippen molar-refractivity contribution in [3.63, 3.8) is 0 Å². The van der Waals surface area contributed by atoms with E-state index in [0.29, 0.717) is 6.54 Å². The lowest BCUT2D eigenvalue weighted by Crippen LogP contribution is -2.57. The summed E-state index contributed by atoms with van der Waals surface area (Å²) < 4.78 is 0. The SMILES string of the molecule is CCC[C@H]1NC[C@@H](CO)[C@H](O)[C@@H]1O. The van der Waals surface area contributed by atoms with Crippen LogP contribution in [0.2, 0.25) is 0 Å². The third-order valence-electron chi connectivity index (χ3n) is 2.72. The standard InChI is InChI=1S/C9H19NO3/c1-2-3-7-9(13)8(12)6(5-11)4-10-7/h6-13H,2-5H2,1H3/t6-,7+,8-,9+/m0/s1. The third kappa shape index (κ3) is 2.40. The summed E-state index contributed by atoms with van der Waals surface area (Å²) in [5.41, 5.74) is 0. The van der Waals surface area contributed by atoms with Gasteiger partial charge in [0.15, 0.2) is 0 Å². The van der Waals surface area contributed by atoms with Crippen molar-refractivity contribution in [2.24, 2.45) is 5.92 Å². The highest BCUT2D eigenvalue weighted by atomic mass is 16.3. The average molecular weight is 189 g/mol. The van der Waals surface area contributed by atoms with Crippen LogP contribution in [0.15, 0.2) is 0 Å². The van der Waals surface area contributed by atoms with Gasteiger partial charge in [0.05, 0.1) is 12.2 Å². The van der Waals surface area contributed by atoms with Crippen molar-refractivity contribution in [1.82, 2.24) is 5.32 Å². The van der Waals surface area contributed by atoms with E-state index in [1.165, 1.54) is 0 Å². The van der Waals surface area contributed by atoms with Crippen molar-refractivity contribution >= 4 is 0 Å². The zero-order chi connectivity index (χ0) is 9.84. The molecule has 0 saturated carbocycles. The van der Waals surface area contributed by atoms with Crippen molar-refractivity contribution in [2.45, 2.75) is 38.0 Å². The van der Waals surface area contributed by atoms with Gasteiger partial charge >= 0.3 is 0 Å². The van der Waals surface area contributed by atoms with Gasteiger partial charge in [0.25, 0.3) is 0 Å². The molecule has 0 bridgehead atoms. The minimum atomic E-state index is -0.789. The molecule has 0 aromatic heterocycles. The Bertz CT molecular complexity index is 152. The first kappa shape index (κ1) is 10.9. The maximum Gasteiger partial charge on any atom is 0.0955 e. The fourth-order valence-electron chi connectivity index (χ4n) is 1.82. The van der Waals surface area contributed by atoms with Crippen molar-refractivity contribution in [1.29, 1.82) is 0 Å². The molecule has 0 unspecified atom stereocenters. The second-order valence-electron chi connectivity index (χ2n) is 3.73. The summed E-state index contributed by atoms with van der Waals surface area (Å²) in [6.07, 6.45) is 0.301. The molecule has 1 heterocycles. The smallest absolute Gasteiger partial charge is 0.0955 e. The van der Waals surface area contributed by atoms with E-state index in [0.717, 1.165) is 12.8 Å². The summed E-state index contributed by atoms with van der Waals surface area (Å²) in [6.45, 7) is 2.54. The van der Waals surface area contributed by atoms with E-state index in [4.69, 9.17) is 5.11 Å². The van der Waals surface area contributed by atoms with E-state index in [2.05, 4.69) is 5.32 Å². The fourth-order valence-corrected chi connectivity index (χ4v) is 1.82. The quantitative estimate of drug-likeness (QED) is 0.464. The molecule has 1 fully saturated rings. The molecule has 4 heteroatoms. The van der Waals surface area contributed by atoms with Gasteiger partial charge in [-0.3, -0.25) is 0 Å². The highest BCUT2D eigenvalue weighted by molar-refractivity contribution is 4.91. The zero-order valence-corrected chi connectivity index (χ0v) is 7.98. The monoisotopic (exact) mass is 189 g/mol. The van der Waals surface area contributed by atoms with Gasteiger partial charge in [-0.05, 0) is 6.42 Å². The molecule has 0 amide bonds. The molecule has 1 aliphatic rings. The van der Waals surface area contributed by atoms with Gasteiger partial charge in [0.2, 0.25) is 0 Å². The van der Waals surface area contributed by atoms with Crippen molar-refractivity contribution in [3.8, 4) is 0 Å². The molecule has 1 rings (SSSR count). The minimum Gasteiger partial charge on any atom is -0.396 e. The largest absolute Gasteiger partial charge is 0.396 e. The molecular weight excluding hydrogens is 170 g/mol. The second-order valence-corrected chi connectivity index (χ2v) is 3.73. The van der Waals surface area contributed by atoms with Crippen molar-refractivity contribution in [3.05, 3.63) is 0 Å². The van der Waals surface area contributed by atoms with Crippen LogP contribution in [0.25, 0.3) is 0 Å². The Kier molecular flexibility index (Phi) is 4.12. The molecule has 0 spiro atoms. The van der Waals surface area contributed by atoms with Crippen molar-refractivity contribution < 1.29 is 15.3 Å². The van der Waals surface area contributed by atoms with Crippen LogP contribution in [0.3, 0.4) is 0 Å². The summed E-state index contributed by atoms with van der Waals surface area (Å²) >= 11 is 0. The number of rotatable bonds is 3. The topological polar surface area (TPSA) is 72.7 Å². The van der Waals surface area contributed by atoms with Crippen LogP contribution in [0.1, 0.15) is 19.8 Å². The number of nitrogens with one attached hydrogen (secondary N) is 1. The first-order valence-electron chi connectivity index (χ1n) is 4.91. The lowest BCUT2D eigenvalue weighted by molar-refractivity contribution is -0.0723. The Hall–Kier alpha value is -0.160. The van der Waals surface area contributed by atoms with Crippen LogP contribution < -0.4 is 5.32 Å². The van der Waals surface area contributed by atoms with Gasteiger partial charge in [0, 0.05) is 25.1 Å². The molecule has 0 radical (unpaired) electrons. The summed E-state index contributed by atoms with van der Waals surface area (Å²) in [5.74, 6) is -0.233. The van der Waals surface area contributed by atoms with Crippen LogP contribution in [-0.4, -0.2) is 46.7 Å². The molecule has 0 aromatic rings. The Balaban J connectivity index is 2.48. The Morgan fingerprint density at radius 3 is 2.54 bits per heavy atom. The fraction of sp³-hybridized carbons (Fsp3) is 1.00. The number of hydrogen-bond donors (Lipinski definition) is 4. The number of aliphatic hydroxyl groups excluding tert-OH is 3. The molecule has 4 nitrogen and oxygen atoms in total. The summed E-state index contributed by atoms with van der Waals surface area (Å²) in [5, 5.41) is 31.2. The van der Waals surface area contributed by atoms with Crippen molar-refractivity contribution in [2.75, 3.05) is 13.2 Å². The highest BCUT2D eigenvalue weighted by Gasteiger charge is 2.35. The molecule has 78 valence electrons. The minimum absolute atomic E-state index is 0.0252. The van der Waals surface area contributed by atoms with Crippen LogP contribution >= 0.6 is 0 Å². The van der Waals surface area contributed by atoms with Gasteiger partial charge in [-0.2, -0.15) is 0 Å². The molecule has 0 aliphatic carbocycles. The lowest BCUT2D eigenvalue weighted by atomic mass is 9.88. The average Bonchev–Trinajstić information content (AvgIpc) is 2.14. The normalized spacial score (nSPS) is 40.6. The molecule has 1 saturated heterocycles. The summed E-state index contributed by atoms with van der Waals surface area (Å²) in [6, 6.07) is -0.0252. The molecule has 1 aliphatic heterocycles. The van der Waals surface area contributed by atoms with Crippen LogP contribution in [0, 0.1) is 5.92 Å². The van der Waals surface area contributed by atoms with E-state index in [9.17, 15) is 10.2 Å². The molecule has 4 atom stereocenters. The third-order valence-corrected chi connectivity index (χ3v) is 2.72. The van der Waals surface area contributed by atoms with E-state index >= 15 is 0 Å². The van der Waals surface area contributed by atoms with E-state index in [1.54, 1.807) is 0 Å². The molecule has 0 aromatic carbocycles. The van der Waals surface area contributed by atoms with Gasteiger partial charge in [-0.15, -0.1) is 0 Å². The Labute approximate surface area is 78.6 Å². The van der Waals surface area contributed by atoms with Gasteiger partial charge in [-0.1, -0.05) is 13.3 Å². The maximum atomic E-state index is 9.65. The number of aliphatic hydroxyl groups is 3. The van der Waals surface area contributed by atoms with E-state index in [-0.39, 0.29) is 18.6 Å². The van der Waals surface area contributed by atoms with Crippen LogP contribution in [0.5, 0.6) is 0 Å². The highest BCUT2D eigenvalue weighted by Crippen LogP contribution is 2.18. The zero-order valence-electron chi connectivity index (χ0n) is 7.98. The first-order chi connectivity index (χ1) is 6.20. The molecular formula is C9H19NO3. The van der Waals surface area contributed by atoms with Gasteiger partial charge in [-0.25, -0.2) is 0 Å². The number of hydrogen-bond acceptors (Lipinski definition) is 4. The Morgan fingerprint density at radius 1 is 1.31 bits per heavy atom. The molecule has 4 N–H and O–H groups in total. The lowest BCUT2D eigenvalue weighted by Gasteiger charge is -2.37. The van der Waals surface area contributed by atoms with E-state index in [1.807, 2.05) is 6.92 Å². The second kappa shape index (κ2) is 4.91. The maximum absolute atomic E-state index is 9.65. The predicted molar refractivity (Wildman–Crippen MR) is 49.3 cm³/mol.